The summed E-state index contributed by atoms with van der Waals surface area (Å²) in [5.74, 6) is 0.690. The van der Waals surface area contributed by atoms with Crippen LogP contribution in [0.25, 0.3) is 94.1 Å². The van der Waals surface area contributed by atoms with E-state index >= 15 is 0 Å². The number of hydrogen-bond donors (Lipinski definition) is 0. The highest BCUT2D eigenvalue weighted by Crippen LogP contribution is 2.41. The van der Waals surface area contributed by atoms with Crippen molar-refractivity contribution in [3.05, 3.63) is 188 Å². The average Bonchev–Trinajstić information content (AvgIpc) is 3.57. The Bertz CT molecular complexity index is 2810. The molecule has 51 heavy (non-hydrogen) atoms. The number of nitrogens with zero attached hydrogens (tertiary/aromatic N) is 3. The van der Waals surface area contributed by atoms with Crippen LogP contribution in [0.5, 0.6) is 0 Å². The SMILES string of the molecule is c1ccc(-c2cccc(-c3cc(-c4ccccc4)nc(-c4cccc(-n5c6ccc7ccccc7c6c6c7ccccc7ccc65)c4)n3)c2)cc1. The Balaban J connectivity index is 1.19. The van der Waals surface area contributed by atoms with Gasteiger partial charge in [0, 0.05) is 33.2 Å². The van der Waals surface area contributed by atoms with Gasteiger partial charge >= 0.3 is 0 Å². The molecule has 3 nitrogen and oxygen atoms in total. The third-order valence-electron chi connectivity index (χ3n) is 9.97. The summed E-state index contributed by atoms with van der Waals surface area (Å²) in [6, 6.07) is 66.7. The van der Waals surface area contributed by atoms with Crippen LogP contribution in [0.15, 0.2) is 188 Å². The van der Waals surface area contributed by atoms with Crippen molar-refractivity contribution in [1.82, 2.24) is 14.5 Å². The summed E-state index contributed by atoms with van der Waals surface area (Å²) in [6.45, 7) is 0. The highest BCUT2D eigenvalue weighted by molar-refractivity contribution is 6.28. The topological polar surface area (TPSA) is 30.7 Å². The van der Waals surface area contributed by atoms with E-state index in [1.165, 1.54) is 48.9 Å². The van der Waals surface area contributed by atoms with Gasteiger partial charge in [-0.05, 0) is 69.1 Å². The van der Waals surface area contributed by atoms with Gasteiger partial charge in [-0.3, -0.25) is 0 Å². The van der Waals surface area contributed by atoms with Gasteiger partial charge in [-0.1, -0.05) is 152 Å². The van der Waals surface area contributed by atoms with Crippen molar-refractivity contribution in [2.75, 3.05) is 0 Å². The monoisotopic (exact) mass is 649 g/mol. The number of rotatable bonds is 5. The van der Waals surface area contributed by atoms with Gasteiger partial charge < -0.3 is 4.57 Å². The Hall–Kier alpha value is -6.84. The third kappa shape index (κ3) is 4.98. The fourth-order valence-electron chi connectivity index (χ4n) is 7.58. The maximum Gasteiger partial charge on any atom is 0.160 e. The minimum atomic E-state index is 0.690. The Labute approximate surface area is 295 Å². The summed E-state index contributed by atoms with van der Waals surface area (Å²) in [5.41, 5.74) is 10.6. The van der Waals surface area contributed by atoms with Gasteiger partial charge in [0.2, 0.25) is 0 Å². The normalized spacial score (nSPS) is 11.5. The van der Waals surface area contributed by atoms with E-state index in [1.54, 1.807) is 0 Å². The quantitative estimate of drug-likeness (QED) is 0.186. The molecule has 0 saturated carbocycles. The second-order valence-corrected chi connectivity index (χ2v) is 13.0. The van der Waals surface area contributed by atoms with Gasteiger partial charge in [0.1, 0.15) is 0 Å². The van der Waals surface area contributed by atoms with Gasteiger partial charge in [-0.2, -0.15) is 0 Å². The molecular weight excluding hydrogens is 619 g/mol. The second kappa shape index (κ2) is 11.9. The van der Waals surface area contributed by atoms with Crippen LogP contribution in [0.3, 0.4) is 0 Å². The van der Waals surface area contributed by atoms with Crippen LogP contribution in [-0.2, 0) is 0 Å². The van der Waals surface area contributed by atoms with E-state index in [-0.39, 0.29) is 0 Å². The van der Waals surface area contributed by atoms with E-state index in [1.807, 2.05) is 12.1 Å². The Morgan fingerprint density at radius 3 is 1.51 bits per heavy atom. The van der Waals surface area contributed by atoms with E-state index in [4.69, 9.17) is 9.97 Å². The average molecular weight is 650 g/mol. The Morgan fingerprint density at radius 2 is 0.843 bits per heavy atom. The molecule has 0 spiro atoms. The van der Waals surface area contributed by atoms with Crippen LogP contribution in [0.1, 0.15) is 0 Å². The van der Waals surface area contributed by atoms with Crippen molar-refractivity contribution in [3.63, 3.8) is 0 Å². The summed E-state index contributed by atoms with van der Waals surface area (Å²) in [5, 5.41) is 7.53. The van der Waals surface area contributed by atoms with Crippen LogP contribution < -0.4 is 0 Å². The largest absolute Gasteiger partial charge is 0.309 e. The van der Waals surface area contributed by atoms with E-state index in [0.29, 0.717) is 5.82 Å². The van der Waals surface area contributed by atoms with Crippen LogP contribution in [0, 0.1) is 0 Å². The van der Waals surface area contributed by atoms with Gasteiger partial charge in [-0.25, -0.2) is 9.97 Å². The molecule has 0 atom stereocenters. The zero-order valence-electron chi connectivity index (χ0n) is 27.7. The lowest BCUT2D eigenvalue weighted by Gasteiger charge is -2.13. The van der Waals surface area contributed by atoms with E-state index < -0.39 is 0 Å². The van der Waals surface area contributed by atoms with Crippen molar-refractivity contribution in [2.24, 2.45) is 0 Å². The molecule has 0 aliphatic heterocycles. The molecule has 0 amide bonds. The molecule has 0 saturated heterocycles. The molecule has 2 aromatic heterocycles. The number of aromatic nitrogens is 3. The van der Waals surface area contributed by atoms with Crippen molar-refractivity contribution in [2.45, 2.75) is 0 Å². The molecule has 238 valence electrons. The fraction of sp³-hybridized carbons (Fsp3) is 0. The summed E-state index contributed by atoms with van der Waals surface area (Å²) in [4.78, 5) is 10.4. The molecular formula is C48H31N3. The summed E-state index contributed by atoms with van der Waals surface area (Å²) in [6.07, 6.45) is 0. The zero-order valence-corrected chi connectivity index (χ0v) is 27.7. The summed E-state index contributed by atoms with van der Waals surface area (Å²) < 4.78 is 2.40. The molecule has 0 unspecified atom stereocenters. The first kappa shape index (κ1) is 29.1. The molecule has 8 aromatic carbocycles. The smallest absolute Gasteiger partial charge is 0.160 e. The van der Waals surface area contributed by atoms with Crippen LogP contribution >= 0.6 is 0 Å². The predicted octanol–water partition coefficient (Wildman–Crippen LogP) is 12.5. The molecule has 3 heteroatoms. The first-order valence-corrected chi connectivity index (χ1v) is 17.3. The maximum atomic E-state index is 5.24. The molecule has 2 heterocycles. The van der Waals surface area contributed by atoms with Crippen molar-refractivity contribution < 1.29 is 0 Å². The molecule has 0 aliphatic rings. The molecule has 10 rings (SSSR count). The number of benzene rings is 8. The summed E-state index contributed by atoms with van der Waals surface area (Å²) in [7, 11) is 0. The van der Waals surface area contributed by atoms with Crippen molar-refractivity contribution in [1.29, 1.82) is 0 Å². The lowest BCUT2D eigenvalue weighted by atomic mass is 10.00. The first-order chi connectivity index (χ1) is 25.3. The fourth-order valence-corrected chi connectivity index (χ4v) is 7.58. The maximum absolute atomic E-state index is 5.24. The van der Waals surface area contributed by atoms with E-state index in [0.717, 1.165) is 39.3 Å². The number of fused-ring (bicyclic) bond motifs is 7. The highest BCUT2D eigenvalue weighted by Gasteiger charge is 2.18. The molecule has 0 N–H and O–H groups in total. The molecule has 0 radical (unpaired) electrons. The van der Waals surface area contributed by atoms with Crippen LogP contribution in [0.2, 0.25) is 0 Å². The van der Waals surface area contributed by atoms with Crippen LogP contribution in [-0.4, -0.2) is 14.5 Å². The van der Waals surface area contributed by atoms with Gasteiger partial charge in [0.15, 0.2) is 5.82 Å². The van der Waals surface area contributed by atoms with Crippen molar-refractivity contribution >= 4 is 43.4 Å². The molecule has 10 aromatic rings. The van der Waals surface area contributed by atoms with Crippen LogP contribution in [0.4, 0.5) is 0 Å². The lowest BCUT2D eigenvalue weighted by molar-refractivity contribution is 1.16. The first-order valence-electron chi connectivity index (χ1n) is 17.3. The molecule has 0 aliphatic carbocycles. The summed E-state index contributed by atoms with van der Waals surface area (Å²) >= 11 is 0. The number of hydrogen-bond acceptors (Lipinski definition) is 2. The Kier molecular flexibility index (Phi) is 6.81. The molecule has 0 fully saturated rings. The predicted molar refractivity (Wildman–Crippen MR) is 213 cm³/mol. The zero-order chi connectivity index (χ0) is 33.7. The van der Waals surface area contributed by atoms with E-state index in [9.17, 15) is 0 Å². The van der Waals surface area contributed by atoms with Crippen molar-refractivity contribution in [3.8, 4) is 50.7 Å². The van der Waals surface area contributed by atoms with E-state index in [2.05, 4.69) is 180 Å². The highest BCUT2D eigenvalue weighted by atomic mass is 15.0. The van der Waals surface area contributed by atoms with Gasteiger partial charge in [-0.15, -0.1) is 0 Å². The Morgan fingerprint density at radius 1 is 0.333 bits per heavy atom. The molecule has 0 bridgehead atoms. The minimum absolute atomic E-state index is 0.690. The lowest BCUT2D eigenvalue weighted by Crippen LogP contribution is -1.98. The van der Waals surface area contributed by atoms with Gasteiger partial charge in [0.25, 0.3) is 0 Å². The van der Waals surface area contributed by atoms with Gasteiger partial charge in [0.05, 0.1) is 22.4 Å². The minimum Gasteiger partial charge on any atom is -0.309 e. The third-order valence-corrected chi connectivity index (χ3v) is 9.97. The standard InChI is InChI=1S/C48H31N3/c1-3-13-32(14-4-1)36-19-11-20-37(29-36)43-31-42(35-17-5-2-6-18-35)49-48(50-43)38-21-12-22-39(30-38)51-44-27-25-33-15-7-9-23-40(33)46(44)47-41-24-10-8-16-34(41)26-28-45(47)51/h1-31H. The second-order valence-electron chi connectivity index (χ2n) is 13.0.